The van der Waals surface area contributed by atoms with Crippen molar-refractivity contribution >= 4 is 38.3 Å². The number of ketones is 1. The Morgan fingerprint density at radius 2 is 1.97 bits per heavy atom. The number of aromatic nitrogens is 1. The number of H-pyrrole nitrogens is 1. The second-order valence-corrected chi connectivity index (χ2v) is 9.30. The van der Waals surface area contributed by atoms with Gasteiger partial charge in [0.2, 0.25) is 10.0 Å². The zero-order valence-corrected chi connectivity index (χ0v) is 18.5. The normalized spacial score (nSPS) is 13.8. The molecular weight excluding hydrogens is 438 g/mol. The van der Waals surface area contributed by atoms with E-state index in [1.54, 1.807) is 12.1 Å². The number of benzene rings is 2. The molecule has 9 heteroatoms. The average Bonchev–Trinajstić information content (AvgIpc) is 3.10. The van der Waals surface area contributed by atoms with Crippen molar-refractivity contribution < 1.29 is 17.9 Å². The number of carbonyl (C=O) groups is 1. The number of nitrogens with one attached hydrogen (secondary N) is 1. The second-order valence-electron chi connectivity index (χ2n) is 7.36. The second kappa shape index (κ2) is 8.03. The van der Waals surface area contributed by atoms with Gasteiger partial charge in [-0.05, 0) is 37.8 Å². The maximum absolute atomic E-state index is 13.0. The number of ether oxygens (including phenoxy) is 1. The maximum atomic E-state index is 13.0. The number of hydrogen-bond acceptors (Lipinski definition) is 5. The Morgan fingerprint density at radius 3 is 2.68 bits per heavy atom. The van der Waals surface area contributed by atoms with Crippen LogP contribution in [0.15, 0.2) is 53.8 Å². The molecule has 0 spiro atoms. The van der Waals surface area contributed by atoms with Crippen molar-refractivity contribution in [2.24, 2.45) is 5.14 Å². The number of aromatic amines is 1. The van der Waals surface area contributed by atoms with Crippen LogP contribution < -0.4 is 5.14 Å². The van der Waals surface area contributed by atoms with E-state index in [2.05, 4.69) is 16.5 Å². The summed E-state index contributed by atoms with van der Waals surface area (Å²) in [6.07, 6.45) is 0.814. The molecule has 0 saturated heterocycles. The first kappa shape index (κ1) is 21.4. The summed E-state index contributed by atoms with van der Waals surface area (Å²) in [5, 5.41) is 6.21. The summed E-state index contributed by atoms with van der Waals surface area (Å²) in [6, 6.07) is 9.48. The van der Waals surface area contributed by atoms with Crippen LogP contribution in [0.3, 0.4) is 0 Å². The molecule has 0 amide bonds. The molecule has 0 bridgehead atoms. The molecule has 0 saturated carbocycles. The van der Waals surface area contributed by atoms with Crippen LogP contribution in [0, 0.1) is 0 Å². The monoisotopic (exact) mass is 459 g/mol. The summed E-state index contributed by atoms with van der Waals surface area (Å²) in [6.45, 7) is 7.97. The third-order valence-corrected chi connectivity index (χ3v) is 6.79. The number of primary sulfonamides is 1. The molecule has 2 aromatic carbocycles. The third-order valence-electron chi connectivity index (χ3n) is 5.40. The molecule has 1 aliphatic rings. The molecule has 3 N–H and O–H groups in total. The van der Waals surface area contributed by atoms with Gasteiger partial charge in [0.1, 0.15) is 4.90 Å². The number of sulfonamides is 1. The summed E-state index contributed by atoms with van der Waals surface area (Å²) in [4.78, 5) is 18.2. The lowest BCUT2D eigenvalue weighted by Crippen LogP contribution is -2.30. The van der Waals surface area contributed by atoms with E-state index >= 15 is 0 Å². The van der Waals surface area contributed by atoms with Crippen LogP contribution in [-0.4, -0.2) is 37.2 Å². The standard InChI is InChI=1S/C22H22ClN3O4S/c1-3-30-13(2)26-9-8-19-17(12-26)16-6-4-14(10-20(16)25-19)22(27)15-5-7-18(23)21(11-15)31(24,28)29/h4-7,10-11,25H,2-3,8-9,12H2,1H3,(H2,24,28,29). The Bertz CT molecular complexity index is 1310. The number of nitrogens with zero attached hydrogens (tertiary/aromatic N) is 1. The zero-order chi connectivity index (χ0) is 22.3. The number of carbonyl (C=O) groups excluding carboxylic acids is 1. The van der Waals surface area contributed by atoms with Gasteiger partial charge in [-0.1, -0.05) is 23.7 Å². The minimum absolute atomic E-state index is 0.0234. The first-order chi connectivity index (χ1) is 14.7. The SMILES string of the molecule is C=C(OCC)N1CCc2[nH]c3cc(C(=O)c4ccc(Cl)c(S(N)(=O)=O)c4)ccc3c2C1. The number of fused-ring (bicyclic) bond motifs is 3. The molecular formula is C22H22ClN3O4S. The fourth-order valence-corrected chi connectivity index (χ4v) is 4.93. The van der Waals surface area contributed by atoms with Crippen LogP contribution in [0.1, 0.15) is 34.1 Å². The molecule has 0 radical (unpaired) electrons. The van der Waals surface area contributed by atoms with Crippen molar-refractivity contribution in [3.63, 3.8) is 0 Å². The van der Waals surface area contributed by atoms with Gasteiger partial charge < -0.3 is 14.6 Å². The van der Waals surface area contributed by atoms with Gasteiger partial charge in [0.15, 0.2) is 11.7 Å². The maximum Gasteiger partial charge on any atom is 0.239 e. The fraction of sp³-hybridized carbons (Fsp3) is 0.227. The van der Waals surface area contributed by atoms with Crippen LogP contribution >= 0.6 is 11.6 Å². The summed E-state index contributed by atoms with van der Waals surface area (Å²) >= 11 is 5.93. The van der Waals surface area contributed by atoms with Gasteiger partial charge in [-0.3, -0.25) is 4.79 Å². The average molecular weight is 460 g/mol. The van der Waals surface area contributed by atoms with Gasteiger partial charge >= 0.3 is 0 Å². The predicted molar refractivity (Wildman–Crippen MR) is 119 cm³/mol. The van der Waals surface area contributed by atoms with Gasteiger partial charge in [-0.2, -0.15) is 0 Å². The topological polar surface area (TPSA) is 105 Å². The zero-order valence-electron chi connectivity index (χ0n) is 16.9. The lowest BCUT2D eigenvalue weighted by Gasteiger charge is -2.29. The van der Waals surface area contributed by atoms with E-state index < -0.39 is 10.0 Å². The highest BCUT2D eigenvalue weighted by atomic mass is 35.5. The number of halogens is 1. The Kier molecular flexibility index (Phi) is 5.55. The van der Waals surface area contributed by atoms with Crippen molar-refractivity contribution in [1.82, 2.24) is 9.88 Å². The minimum atomic E-state index is -4.04. The molecule has 162 valence electrons. The van der Waals surface area contributed by atoms with E-state index in [4.69, 9.17) is 21.5 Å². The van der Waals surface area contributed by atoms with Crippen LogP contribution in [0.25, 0.3) is 10.9 Å². The lowest BCUT2D eigenvalue weighted by molar-refractivity contribution is 0.103. The smallest absolute Gasteiger partial charge is 0.239 e. The highest BCUT2D eigenvalue weighted by molar-refractivity contribution is 7.89. The molecule has 0 fully saturated rings. The molecule has 0 atom stereocenters. The van der Waals surface area contributed by atoms with Crippen molar-refractivity contribution in [2.45, 2.75) is 24.8 Å². The third kappa shape index (κ3) is 4.06. The molecule has 7 nitrogen and oxygen atoms in total. The summed E-state index contributed by atoms with van der Waals surface area (Å²) in [5.41, 5.74) is 3.76. The molecule has 2 heterocycles. The van der Waals surface area contributed by atoms with Crippen LogP contribution in [0.2, 0.25) is 5.02 Å². The van der Waals surface area contributed by atoms with Crippen molar-refractivity contribution in [3.05, 3.63) is 76.3 Å². The van der Waals surface area contributed by atoms with Crippen LogP contribution in [0.4, 0.5) is 0 Å². The largest absolute Gasteiger partial charge is 0.480 e. The highest BCUT2D eigenvalue weighted by Crippen LogP contribution is 2.31. The van der Waals surface area contributed by atoms with Gasteiger partial charge in [0.05, 0.1) is 11.6 Å². The van der Waals surface area contributed by atoms with Crippen molar-refractivity contribution in [3.8, 4) is 0 Å². The highest BCUT2D eigenvalue weighted by Gasteiger charge is 2.23. The van der Waals surface area contributed by atoms with Gasteiger partial charge in [-0.25, -0.2) is 13.6 Å². The summed E-state index contributed by atoms with van der Waals surface area (Å²) in [7, 11) is -4.04. The molecule has 31 heavy (non-hydrogen) atoms. The van der Waals surface area contributed by atoms with E-state index in [-0.39, 0.29) is 21.3 Å². The molecule has 0 aliphatic carbocycles. The first-order valence-corrected chi connectivity index (χ1v) is 11.7. The van der Waals surface area contributed by atoms with Gasteiger partial charge in [0, 0.05) is 52.8 Å². The first-order valence-electron chi connectivity index (χ1n) is 9.76. The Morgan fingerprint density at radius 1 is 1.26 bits per heavy atom. The van der Waals surface area contributed by atoms with E-state index in [1.807, 2.05) is 13.0 Å². The molecule has 0 unspecified atom stereocenters. The van der Waals surface area contributed by atoms with E-state index in [0.29, 0.717) is 24.6 Å². The van der Waals surface area contributed by atoms with E-state index in [9.17, 15) is 13.2 Å². The van der Waals surface area contributed by atoms with Gasteiger partial charge in [0.25, 0.3) is 0 Å². The van der Waals surface area contributed by atoms with E-state index in [0.717, 1.165) is 35.1 Å². The molecule has 1 aliphatic heterocycles. The quantitative estimate of drug-likeness (QED) is 0.433. The predicted octanol–water partition coefficient (Wildman–Crippen LogP) is 3.57. The number of nitrogens with two attached hydrogens (primary N) is 1. The van der Waals surface area contributed by atoms with Crippen LogP contribution in [0.5, 0.6) is 0 Å². The number of rotatable bonds is 6. The lowest BCUT2D eigenvalue weighted by atomic mass is 10.00. The minimum Gasteiger partial charge on any atom is -0.480 e. The summed E-state index contributed by atoms with van der Waals surface area (Å²) in [5.74, 6) is 0.338. The Hall–Kier alpha value is -2.81. The van der Waals surface area contributed by atoms with Crippen LogP contribution in [-0.2, 0) is 27.7 Å². The van der Waals surface area contributed by atoms with E-state index in [1.165, 1.54) is 18.2 Å². The van der Waals surface area contributed by atoms with Gasteiger partial charge in [-0.15, -0.1) is 0 Å². The summed E-state index contributed by atoms with van der Waals surface area (Å²) < 4.78 is 29.0. The van der Waals surface area contributed by atoms with Crippen molar-refractivity contribution in [1.29, 1.82) is 0 Å². The Labute approximate surface area is 185 Å². The Balaban J connectivity index is 1.67. The molecule has 4 rings (SSSR count). The van der Waals surface area contributed by atoms with Crippen molar-refractivity contribution in [2.75, 3.05) is 13.2 Å². The molecule has 3 aromatic rings. The molecule has 1 aromatic heterocycles. The number of hydrogen-bond donors (Lipinski definition) is 2. The fourth-order valence-electron chi connectivity index (χ4n) is 3.86.